The lowest BCUT2D eigenvalue weighted by molar-refractivity contribution is 0.426. The van der Waals surface area contributed by atoms with Crippen LogP contribution in [0.15, 0.2) is 42.5 Å². The Hall–Kier alpha value is -2.16. The number of hydrogen-bond donors (Lipinski definition) is 2. The molecule has 2 aromatic carbocycles. The van der Waals surface area contributed by atoms with E-state index in [9.17, 15) is 14.4 Å². The molecule has 0 bridgehead atoms. The molecule has 0 fully saturated rings. The molecular weight excluding hydrogens is 232 g/mol. The molecule has 0 saturated carbocycles. The second-order valence-corrected chi connectivity index (χ2v) is 3.77. The van der Waals surface area contributed by atoms with Crippen molar-refractivity contribution in [2.45, 2.75) is 0 Å². The van der Waals surface area contributed by atoms with E-state index in [4.69, 9.17) is 5.26 Å². The van der Waals surface area contributed by atoms with Gasteiger partial charge in [0.05, 0.1) is 5.56 Å². The third kappa shape index (κ3) is 2.25. The summed E-state index contributed by atoms with van der Waals surface area (Å²) < 4.78 is 13.2. The lowest BCUT2D eigenvalue weighted by atomic mass is 9.75. The molecule has 18 heavy (non-hydrogen) atoms. The minimum atomic E-state index is -1.61. The van der Waals surface area contributed by atoms with Gasteiger partial charge in [0.1, 0.15) is 11.9 Å². The maximum absolute atomic E-state index is 13.2. The predicted octanol–water partition coefficient (Wildman–Crippen LogP) is 1.04. The summed E-state index contributed by atoms with van der Waals surface area (Å²) in [7, 11) is -1.61. The van der Waals surface area contributed by atoms with Crippen LogP contribution in [0.4, 0.5) is 4.39 Å². The number of benzene rings is 2. The van der Waals surface area contributed by atoms with Crippen molar-refractivity contribution in [2.75, 3.05) is 0 Å². The summed E-state index contributed by atoms with van der Waals surface area (Å²) >= 11 is 0. The molecule has 2 N–H and O–H groups in total. The number of rotatable bonds is 2. The molecular formula is C13H9BFNO2. The Morgan fingerprint density at radius 3 is 2.50 bits per heavy atom. The van der Waals surface area contributed by atoms with Crippen molar-refractivity contribution >= 4 is 12.6 Å². The SMILES string of the molecule is N#Cc1cc(-c2ccccc2B(O)O)ccc1F. The molecule has 0 atom stereocenters. The van der Waals surface area contributed by atoms with Gasteiger partial charge in [0, 0.05) is 0 Å². The number of hydrogen-bond acceptors (Lipinski definition) is 3. The minimum absolute atomic E-state index is 0.0743. The third-order valence-corrected chi connectivity index (χ3v) is 2.64. The van der Waals surface area contributed by atoms with Gasteiger partial charge in [-0.05, 0) is 28.7 Å². The van der Waals surface area contributed by atoms with Gasteiger partial charge in [-0.3, -0.25) is 0 Å². The highest BCUT2D eigenvalue weighted by molar-refractivity contribution is 6.60. The van der Waals surface area contributed by atoms with E-state index >= 15 is 0 Å². The molecule has 88 valence electrons. The first kappa shape index (κ1) is 12.3. The van der Waals surface area contributed by atoms with Gasteiger partial charge in [-0.2, -0.15) is 5.26 Å². The standard InChI is InChI=1S/C13H9BFNO2/c15-13-6-5-9(7-10(13)8-16)11-3-1-2-4-12(11)14(17)18/h1-7,17-18H. The van der Waals surface area contributed by atoms with E-state index in [-0.39, 0.29) is 5.56 Å². The molecule has 0 spiro atoms. The van der Waals surface area contributed by atoms with Crippen LogP contribution < -0.4 is 5.46 Å². The third-order valence-electron chi connectivity index (χ3n) is 2.64. The minimum Gasteiger partial charge on any atom is -0.423 e. The second kappa shape index (κ2) is 5.00. The average molecular weight is 241 g/mol. The fourth-order valence-electron chi connectivity index (χ4n) is 1.76. The fraction of sp³-hybridized carbons (Fsp3) is 0. The van der Waals surface area contributed by atoms with E-state index < -0.39 is 12.9 Å². The summed E-state index contributed by atoms with van der Waals surface area (Å²) in [5.41, 5.74) is 1.36. The van der Waals surface area contributed by atoms with Crippen LogP contribution in [0.1, 0.15) is 5.56 Å². The first-order valence-electron chi connectivity index (χ1n) is 5.28. The summed E-state index contributed by atoms with van der Waals surface area (Å²) in [5.74, 6) is -0.594. The molecule has 5 heteroatoms. The molecule has 0 aromatic heterocycles. The summed E-state index contributed by atoms with van der Waals surface area (Å²) in [5, 5.41) is 27.3. The van der Waals surface area contributed by atoms with E-state index in [2.05, 4.69) is 0 Å². The molecule has 0 unspecified atom stereocenters. The molecule has 0 radical (unpaired) electrons. The van der Waals surface area contributed by atoms with Crippen molar-refractivity contribution in [3.63, 3.8) is 0 Å². The highest BCUT2D eigenvalue weighted by Gasteiger charge is 2.16. The Labute approximate surface area is 104 Å². The molecule has 2 rings (SSSR count). The molecule has 0 saturated heterocycles. The highest BCUT2D eigenvalue weighted by atomic mass is 19.1. The average Bonchev–Trinajstić information content (AvgIpc) is 2.39. The normalized spacial score (nSPS) is 9.89. The maximum Gasteiger partial charge on any atom is 0.489 e. The maximum atomic E-state index is 13.2. The Kier molecular flexibility index (Phi) is 3.42. The van der Waals surface area contributed by atoms with Gasteiger partial charge in [-0.1, -0.05) is 30.3 Å². The van der Waals surface area contributed by atoms with Gasteiger partial charge in [0.15, 0.2) is 0 Å². The predicted molar refractivity (Wildman–Crippen MR) is 66.4 cm³/mol. The first-order chi connectivity index (χ1) is 8.63. The van der Waals surface area contributed by atoms with Crippen LogP contribution >= 0.6 is 0 Å². The van der Waals surface area contributed by atoms with Crippen LogP contribution in [0.25, 0.3) is 11.1 Å². The van der Waals surface area contributed by atoms with Crippen LogP contribution in [0.3, 0.4) is 0 Å². The van der Waals surface area contributed by atoms with Crippen molar-refractivity contribution < 1.29 is 14.4 Å². The summed E-state index contributed by atoms with van der Waals surface area (Å²) in [6.07, 6.45) is 0. The zero-order valence-corrected chi connectivity index (χ0v) is 9.34. The topological polar surface area (TPSA) is 64.2 Å². The quantitative estimate of drug-likeness (QED) is 0.772. The van der Waals surface area contributed by atoms with Crippen LogP contribution in [0.2, 0.25) is 0 Å². The zero-order chi connectivity index (χ0) is 13.1. The molecule has 0 aliphatic carbocycles. The summed E-state index contributed by atoms with van der Waals surface area (Å²) in [6.45, 7) is 0. The smallest absolute Gasteiger partial charge is 0.423 e. The number of nitrogens with zero attached hydrogens (tertiary/aromatic N) is 1. The summed E-state index contributed by atoms with van der Waals surface area (Å²) in [4.78, 5) is 0. The Bertz CT molecular complexity index is 623. The number of nitriles is 1. The fourth-order valence-corrected chi connectivity index (χ4v) is 1.76. The van der Waals surface area contributed by atoms with Crippen LogP contribution in [-0.4, -0.2) is 17.2 Å². The highest BCUT2D eigenvalue weighted by Crippen LogP contribution is 2.20. The van der Waals surface area contributed by atoms with Crippen molar-refractivity contribution in [3.8, 4) is 17.2 Å². The van der Waals surface area contributed by atoms with E-state index in [1.165, 1.54) is 18.2 Å². The molecule has 0 heterocycles. The molecule has 0 aliphatic rings. The van der Waals surface area contributed by atoms with E-state index in [0.29, 0.717) is 16.6 Å². The van der Waals surface area contributed by atoms with Crippen molar-refractivity contribution in [1.82, 2.24) is 0 Å². The van der Waals surface area contributed by atoms with Gasteiger partial charge in [-0.15, -0.1) is 0 Å². The summed E-state index contributed by atoms with van der Waals surface area (Å²) in [6, 6.07) is 12.5. The lowest BCUT2D eigenvalue weighted by Gasteiger charge is -2.09. The first-order valence-corrected chi connectivity index (χ1v) is 5.28. The van der Waals surface area contributed by atoms with Crippen molar-refractivity contribution in [1.29, 1.82) is 5.26 Å². The van der Waals surface area contributed by atoms with Crippen molar-refractivity contribution in [2.24, 2.45) is 0 Å². The van der Waals surface area contributed by atoms with Gasteiger partial charge >= 0.3 is 7.12 Å². The molecule has 2 aromatic rings. The van der Waals surface area contributed by atoms with E-state index in [1.54, 1.807) is 30.3 Å². The Balaban J connectivity index is 2.59. The Morgan fingerprint density at radius 2 is 1.83 bits per heavy atom. The molecule has 0 amide bonds. The van der Waals surface area contributed by atoms with Gasteiger partial charge in [-0.25, -0.2) is 4.39 Å². The zero-order valence-electron chi connectivity index (χ0n) is 9.34. The monoisotopic (exact) mass is 241 g/mol. The van der Waals surface area contributed by atoms with Crippen LogP contribution in [0.5, 0.6) is 0 Å². The number of halogens is 1. The Morgan fingerprint density at radius 1 is 1.11 bits per heavy atom. The van der Waals surface area contributed by atoms with Gasteiger partial charge in [0.25, 0.3) is 0 Å². The van der Waals surface area contributed by atoms with E-state index in [1.807, 2.05) is 0 Å². The van der Waals surface area contributed by atoms with Gasteiger partial charge < -0.3 is 10.0 Å². The van der Waals surface area contributed by atoms with Crippen molar-refractivity contribution in [3.05, 3.63) is 53.8 Å². The lowest BCUT2D eigenvalue weighted by Crippen LogP contribution is -2.31. The second-order valence-electron chi connectivity index (χ2n) is 3.77. The van der Waals surface area contributed by atoms with Crippen LogP contribution in [0, 0.1) is 17.1 Å². The largest absolute Gasteiger partial charge is 0.489 e. The molecule has 3 nitrogen and oxygen atoms in total. The molecule has 0 aliphatic heterocycles. The van der Waals surface area contributed by atoms with Crippen LogP contribution in [-0.2, 0) is 0 Å². The van der Waals surface area contributed by atoms with E-state index in [0.717, 1.165) is 0 Å². The van der Waals surface area contributed by atoms with Gasteiger partial charge in [0.2, 0.25) is 0 Å².